The van der Waals surface area contributed by atoms with Crippen molar-refractivity contribution in [3.63, 3.8) is 0 Å². The van der Waals surface area contributed by atoms with Gasteiger partial charge in [0, 0.05) is 5.69 Å². The van der Waals surface area contributed by atoms with Crippen LogP contribution in [-0.4, -0.2) is 15.0 Å². The number of hydrogen-bond acceptors (Lipinski definition) is 3. The van der Waals surface area contributed by atoms with Gasteiger partial charge >= 0.3 is 0 Å². The van der Waals surface area contributed by atoms with Crippen molar-refractivity contribution < 1.29 is 0 Å². The number of rotatable bonds is 4. The summed E-state index contributed by atoms with van der Waals surface area (Å²) in [5, 5.41) is 11.9. The SMILES string of the molecule is Cc1cccc(N[C@H](C)c2cn(-c3ccccc3)nn2)c1. The smallest absolute Gasteiger partial charge is 0.105 e. The number of hydrogen-bond donors (Lipinski definition) is 1. The van der Waals surface area contributed by atoms with E-state index in [-0.39, 0.29) is 6.04 Å². The molecule has 0 amide bonds. The standard InChI is InChI=1S/C17H18N4/c1-13-7-6-8-15(11-13)18-14(2)17-12-21(20-19-17)16-9-4-3-5-10-16/h3-12,14,18H,1-2H3/t14-/m1/s1. The summed E-state index contributed by atoms with van der Waals surface area (Å²) in [6.07, 6.45) is 1.96. The Balaban J connectivity index is 1.77. The first-order valence-corrected chi connectivity index (χ1v) is 7.03. The van der Waals surface area contributed by atoms with Gasteiger partial charge in [-0.05, 0) is 43.7 Å². The number of nitrogens with one attached hydrogen (secondary N) is 1. The third-order valence-corrected chi connectivity index (χ3v) is 3.38. The number of aryl methyl sites for hydroxylation is 1. The summed E-state index contributed by atoms with van der Waals surface area (Å²) in [6, 6.07) is 18.4. The van der Waals surface area contributed by atoms with E-state index in [1.165, 1.54) is 5.56 Å². The maximum Gasteiger partial charge on any atom is 0.105 e. The average molecular weight is 278 g/mol. The van der Waals surface area contributed by atoms with Crippen LogP contribution in [0.5, 0.6) is 0 Å². The van der Waals surface area contributed by atoms with Crippen molar-refractivity contribution in [3.8, 4) is 5.69 Å². The Labute approximate surface area is 124 Å². The number of anilines is 1. The molecule has 0 fully saturated rings. The molecule has 0 saturated carbocycles. The maximum absolute atomic E-state index is 4.26. The van der Waals surface area contributed by atoms with Crippen molar-refractivity contribution in [2.24, 2.45) is 0 Å². The lowest BCUT2D eigenvalue weighted by Crippen LogP contribution is -2.07. The lowest BCUT2D eigenvalue weighted by molar-refractivity contribution is 0.781. The molecule has 4 heteroatoms. The third kappa shape index (κ3) is 3.11. The molecule has 4 nitrogen and oxygen atoms in total. The highest BCUT2D eigenvalue weighted by Gasteiger charge is 2.10. The third-order valence-electron chi connectivity index (χ3n) is 3.38. The van der Waals surface area contributed by atoms with Crippen LogP contribution in [0.1, 0.15) is 24.2 Å². The van der Waals surface area contributed by atoms with E-state index in [0.29, 0.717) is 0 Å². The van der Waals surface area contributed by atoms with Crippen LogP contribution in [0.4, 0.5) is 5.69 Å². The van der Waals surface area contributed by atoms with Crippen LogP contribution < -0.4 is 5.32 Å². The Hall–Kier alpha value is -2.62. The van der Waals surface area contributed by atoms with Gasteiger partial charge in [-0.25, -0.2) is 4.68 Å². The second kappa shape index (κ2) is 5.79. The zero-order valence-electron chi connectivity index (χ0n) is 12.2. The van der Waals surface area contributed by atoms with Crippen LogP contribution in [0.15, 0.2) is 60.8 Å². The molecule has 2 aromatic carbocycles. The normalized spacial score (nSPS) is 12.1. The molecule has 0 aliphatic rings. The minimum Gasteiger partial charge on any atom is -0.377 e. The van der Waals surface area contributed by atoms with Gasteiger partial charge in [0.05, 0.1) is 17.9 Å². The molecular weight excluding hydrogens is 260 g/mol. The molecule has 0 saturated heterocycles. The predicted molar refractivity (Wildman–Crippen MR) is 84.6 cm³/mol. The fraction of sp³-hybridized carbons (Fsp3) is 0.176. The van der Waals surface area contributed by atoms with E-state index in [1.54, 1.807) is 4.68 Å². The Morgan fingerprint density at radius 2 is 1.86 bits per heavy atom. The summed E-state index contributed by atoms with van der Waals surface area (Å²) in [6.45, 7) is 4.17. The largest absolute Gasteiger partial charge is 0.377 e. The first-order valence-electron chi connectivity index (χ1n) is 7.03. The molecule has 0 radical (unpaired) electrons. The van der Waals surface area contributed by atoms with Crippen molar-refractivity contribution in [2.75, 3.05) is 5.32 Å². The molecule has 3 aromatic rings. The van der Waals surface area contributed by atoms with Crippen molar-refractivity contribution >= 4 is 5.69 Å². The minimum absolute atomic E-state index is 0.101. The summed E-state index contributed by atoms with van der Waals surface area (Å²) in [7, 11) is 0. The average Bonchev–Trinajstić information content (AvgIpc) is 2.98. The first-order chi connectivity index (χ1) is 10.2. The number of benzene rings is 2. The van der Waals surface area contributed by atoms with Gasteiger partial charge in [0.25, 0.3) is 0 Å². The number of para-hydroxylation sites is 1. The number of aromatic nitrogens is 3. The summed E-state index contributed by atoms with van der Waals surface area (Å²) in [5.41, 5.74) is 4.26. The zero-order valence-corrected chi connectivity index (χ0v) is 12.2. The minimum atomic E-state index is 0.101. The summed E-state index contributed by atoms with van der Waals surface area (Å²) >= 11 is 0. The maximum atomic E-state index is 4.26. The van der Waals surface area contributed by atoms with Crippen LogP contribution in [0.25, 0.3) is 5.69 Å². The monoisotopic (exact) mass is 278 g/mol. The molecule has 106 valence electrons. The van der Waals surface area contributed by atoms with Crippen LogP contribution in [0.3, 0.4) is 0 Å². The van der Waals surface area contributed by atoms with E-state index in [9.17, 15) is 0 Å². The molecule has 3 rings (SSSR count). The Kier molecular flexibility index (Phi) is 3.69. The molecule has 0 spiro atoms. The molecule has 0 unspecified atom stereocenters. The van der Waals surface area contributed by atoms with Gasteiger partial charge in [-0.3, -0.25) is 0 Å². The summed E-state index contributed by atoms with van der Waals surface area (Å²) < 4.78 is 1.80. The van der Waals surface area contributed by atoms with Crippen molar-refractivity contribution in [3.05, 3.63) is 72.1 Å². The van der Waals surface area contributed by atoms with Gasteiger partial charge in [-0.15, -0.1) is 5.10 Å². The Morgan fingerprint density at radius 3 is 2.62 bits per heavy atom. The lowest BCUT2D eigenvalue weighted by Gasteiger charge is -2.12. The molecule has 0 aliphatic heterocycles. The molecule has 0 bridgehead atoms. The summed E-state index contributed by atoms with van der Waals surface area (Å²) in [5.74, 6) is 0. The van der Waals surface area contributed by atoms with Crippen LogP contribution in [0.2, 0.25) is 0 Å². The van der Waals surface area contributed by atoms with Crippen molar-refractivity contribution in [1.82, 2.24) is 15.0 Å². The van der Waals surface area contributed by atoms with Crippen LogP contribution in [-0.2, 0) is 0 Å². The quantitative estimate of drug-likeness (QED) is 0.790. The molecule has 1 heterocycles. The van der Waals surface area contributed by atoms with Crippen molar-refractivity contribution in [2.45, 2.75) is 19.9 Å². The van der Waals surface area contributed by atoms with Gasteiger partial charge in [0.1, 0.15) is 5.69 Å². The fourth-order valence-corrected chi connectivity index (χ4v) is 2.24. The Bertz CT molecular complexity index is 718. The van der Waals surface area contributed by atoms with E-state index in [4.69, 9.17) is 0 Å². The second-order valence-corrected chi connectivity index (χ2v) is 5.16. The zero-order chi connectivity index (χ0) is 14.7. The second-order valence-electron chi connectivity index (χ2n) is 5.16. The van der Waals surface area contributed by atoms with Crippen molar-refractivity contribution in [1.29, 1.82) is 0 Å². The molecule has 21 heavy (non-hydrogen) atoms. The van der Waals surface area contributed by atoms with E-state index in [2.05, 4.69) is 47.7 Å². The van der Waals surface area contributed by atoms with Gasteiger partial charge in [-0.1, -0.05) is 35.5 Å². The van der Waals surface area contributed by atoms with Crippen LogP contribution in [0, 0.1) is 6.92 Å². The predicted octanol–water partition coefficient (Wildman–Crippen LogP) is 3.75. The molecule has 0 aliphatic carbocycles. The summed E-state index contributed by atoms with van der Waals surface area (Å²) in [4.78, 5) is 0. The highest BCUT2D eigenvalue weighted by molar-refractivity contribution is 5.46. The van der Waals surface area contributed by atoms with Gasteiger partial charge in [0.2, 0.25) is 0 Å². The van der Waals surface area contributed by atoms with Gasteiger partial charge in [0.15, 0.2) is 0 Å². The number of nitrogens with zero attached hydrogens (tertiary/aromatic N) is 3. The molecule has 1 N–H and O–H groups in total. The van der Waals surface area contributed by atoms with Gasteiger partial charge in [-0.2, -0.15) is 0 Å². The van der Waals surface area contributed by atoms with E-state index in [1.807, 2.05) is 42.6 Å². The van der Waals surface area contributed by atoms with E-state index < -0.39 is 0 Å². The first kappa shape index (κ1) is 13.4. The van der Waals surface area contributed by atoms with E-state index in [0.717, 1.165) is 17.1 Å². The fourth-order valence-electron chi connectivity index (χ4n) is 2.24. The lowest BCUT2D eigenvalue weighted by atomic mass is 10.2. The molecule has 1 atom stereocenters. The topological polar surface area (TPSA) is 42.7 Å². The molecule has 1 aromatic heterocycles. The van der Waals surface area contributed by atoms with Crippen LogP contribution >= 0.6 is 0 Å². The highest BCUT2D eigenvalue weighted by atomic mass is 15.4. The van der Waals surface area contributed by atoms with E-state index >= 15 is 0 Å². The molecular formula is C17H18N4. The highest BCUT2D eigenvalue weighted by Crippen LogP contribution is 2.19. The Morgan fingerprint density at radius 1 is 1.05 bits per heavy atom. The van der Waals surface area contributed by atoms with Gasteiger partial charge < -0.3 is 5.32 Å².